The van der Waals surface area contributed by atoms with Crippen LogP contribution in [0.25, 0.3) is 0 Å². The van der Waals surface area contributed by atoms with Gasteiger partial charge in [-0.25, -0.2) is 4.68 Å². The van der Waals surface area contributed by atoms with Crippen molar-refractivity contribution in [2.45, 2.75) is 20.1 Å². The monoisotopic (exact) mass is 228 g/mol. The molecule has 0 atom stereocenters. The largest absolute Gasteiger partial charge is 0.486 e. The highest BCUT2D eigenvalue weighted by Gasteiger charge is 2.05. The molecule has 0 aliphatic carbocycles. The third-order valence-corrected chi connectivity index (χ3v) is 2.24. The molecule has 17 heavy (non-hydrogen) atoms. The molecule has 0 aliphatic rings. The summed E-state index contributed by atoms with van der Waals surface area (Å²) in [5.74, 6) is 3.88. The number of hydrogen-bond donors (Lipinski definition) is 0. The summed E-state index contributed by atoms with van der Waals surface area (Å²) in [6.45, 7) is 2.68. The Balaban J connectivity index is 2.00. The molecule has 0 radical (unpaired) electrons. The quantitative estimate of drug-likeness (QED) is 0.738. The van der Waals surface area contributed by atoms with E-state index in [4.69, 9.17) is 11.2 Å². The summed E-state index contributed by atoms with van der Waals surface area (Å²) in [6, 6.07) is 7.79. The SMILES string of the molecule is C#CCn1nnnc1COc1ccc(C)cc1. The number of benzene rings is 1. The summed E-state index contributed by atoms with van der Waals surface area (Å²) < 4.78 is 7.10. The van der Waals surface area contributed by atoms with E-state index < -0.39 is 0 Å². The van der Waals surface area contributed by atoms with Crippen LogP contribution in [-0.2, 0) is 13.2 Å². The van der Waals surface area contributed by atoms with E-state index in [1.54, 1.807) is 0 Å². The lowest BCUT2D eigenvalue weighted by Crippen LogP contribution is -2.07. The first-order valence-corrected chi connectivity index (χ1v) is 5.17. The van der Waals surface area contributed by atoms with Gasteiger partial charge in [0, 0.05) is 0 Å². The van der Waals surface area contributed by atoms with Crippen LogP contribution in [0.4, 0.5) is 0 Å². The number of aromatic nitrogens is 4. The van der Waals surface area contributed by atoms with Gasteiger partial charge < -0.3 is 4.74 Å². The number of rotatable bonds is 4. The summed E-state index contributed by atoms with van der Waals surface area (Å²) >= 11 is 0. The van der Waals surface area contributed by atoms with Crippen LogP contribution in [0.15, 0.2) is 24.3 Å². The van der Waals surface area contributed by atoms with Gasteiger partial charge in [0.25, 0.3) is 0 Å². The minimum atomic E-state index is 0.303. The van der Waals surface area contributed by atoms with E-state index in [0.29, 0.717) is 19.0 Å². The van der Waals surface area contributed by atoms with Crippen molar-refractivity contribution in [1.82, 2.24) is 20.2 Å². The number of terminal acetylenes is 1. The molecule has 2 rings (SSSR count). The van der Waals surface area contributed by atoms with E-state index in [2.05, 4.69) is 21.4 Å². The van der Waals surface area contributed by atoms with E-state index in [9.17, 15) is 0 Å². The number of hydrogen-bond acceptors (Lipinski definition) is 4. The normalized spacial score (nSPS) is 9.88. The van der Waals surface area contributed by atoms with E-state index in [1.807, 2.05) is 31.2 Å². The van der Waals surface area contributed by atoms with Crippen molar-refractivity contribution in [1.29, 1.82) is 0 Å². The predicted octanol–water partition coefficient (Wildman–Crippen LogP) is 1.19. The molecule has 86 valence electrons. The molecular formula is C12H12N4O. The predicted molar refractivity (Wildman–Crippen MR) is 62.2 cm³/mol. The maximum absolute atomic E-state index is 5.56. The zero-order chi connectivity index (χ0) is 12.1. The summed E-state index contributed by atoms with van der Waals surface area (Å²) in [4.78, 5) is 0. The third-order valence-electron chi connectivity index (χ3n) is 2.24. The van der Waals surface area contributed by atoms with Gasteiger partial charge in [-0.3, -0.25) is 0 Å². The highest BCUT2D eigenvalue weighted by Crippen LogP contribution is 2.12. The molecule has 5 heteroatoms. The van der Waals surface area contributed by atoms with Crippen LogP contribution in [0, 0.1) is 19.3 Å². The fourth-order valence-electron chi connectivity index (χ4n) is 1.32. The molecule has 0 spiro atoms. The second kappa shape index (κ2) is 5.12. The molecule has 2 aromatic rings. The van der Waals surface area contributed by atoms with Gasteiger partial charge in [0.1, 0.15) is 18.9 Å². The van der Waals surface area contributed by atoms with Crippen molar-refractivity contribution in [2.75, 3.05) is 0 Å². The molecule has 1 aromatic carbocycles. The highest BCUT2D eigenvalue weighted by molar-refractivity contribution is 5.26. The number of tetrazole rings is 1. The Morgan fingerprint density at radius 3 is 2.82 bits per heavy atom. The average Bonchev–Trinajstić information content (AvgIpc) is 2.77. The van der Waals surface area contributed by atoms with Gasteiger partial charge in [-0.1, -0.05) is 23.6 Å². The van der Waals surface area contributed by atoms with Crippen LogP contribution in [-0.4, -0.2) is 20.2 Å². The molecule has 0 amide bonds. The highest BCUT2D eigenvalue weighted by atomic mass is 16.5. The van der Waals surface area contributed by atoms with Crippen molar-refractivity contribution >= 4 is 0 Å². The maximum atomic E-state index is 5.56. The van der Waals surface area contributed by atoms with Gasteiger partial charge in [-0.15, -0.1) is 11.5 Å². The van der Waals surface area contributed by atoms with Gasteiger partial charge in [-0.05, 0) is 29.5 Å². The molecule has 0 bridgehead atoms. The molecule has 0 aliphatic heterocycles. The Hall–Kier alpha value is -2.35. The summed E-state index contributed by atoms with van der Waals surface area (Å²) in [5, 5.41) is 11.2. The van der Waals surface area contributed by atoms with E-state index in [1.165, 1.54) is 10.2 Å². The zero-order valence-corrected chi connectivity index (χ0v) is 9.50. The second-order valence-electron chi connectivity index (χ2n) is 3.56. The maximum Gasteiger partial charge on any atom is 0.190 e. The van der Waals surface area contributed by atoms with Gasteiger partial charge >= 0.3 is 0 Å². The van der Waals surface area contributed by atoms with Gasteiger partial charge in [0.05, 0.1) is 0 Å². The topological polar surface area (TPSA) is 52.8 Å². The lowest BCUT2D eigenvalue weighted by atomic mass is 10.2. The van der Waals surface area contributed by atoms with Crippen LogP contribution >= 0.6 is 0 Å². The zero-order valence-electron chi connectivity index (χ0n) is 9.50. The standard InChI is InChI=1S/C12H12N4O/c1-3-8-16-12(13-14-15-16)9-17-11-6-4-10(2)5-7-11/h1,4-7H,8-9H2,2H3. The van der Waals surface area contributed by atoms with E-state index in [0.717, 1.165) is 5.75 Å². The Bertz CT molecular complexity index is 524. The Morgan fingerprint density at radius 1 is 1.35 bits per heavy atom. The van der Waals surface area contributed by atoms with Crippen molar-refractivity contribution in [3.63, 3.8) is 0 Å². The fourth-order valence-corrected chi connectivity index (χ4v) is 1.32. The van der Waals surface area contributed by atoms with Crippen LogP contribution in [0.3, 0.4) is 0 Å². The average molecular weight is 228 g/mol. The first kappa shape index (κ1) is 11.1. The molecule has 0 fully saturated rings. The van der Waals surface area contributed by atoms with Crippen molar-refractivity contribution in [3.05, 3.63) is 35.7 Å². The smallest absolute Gasteiger partial charge is 0.190 e. The molecule has 0 saturated carbocycles. The molecule has 0 unspecified atom stereocenters. The Labute approximate surface area is 99.4 Å². The Morgan fingerprint density at radius 2 is 2.12 bits per heavy atom. The molecule has 1 aromatic heterocycles. The lowest BCUT2D eigenvalue weighted by Gasteiger charge is -2.05. The van der Waals surface area contributed by atoms with Crippen LogP contribution in [0.5, 0.6) is 5.75 Å². The van der Waals surface area contributed by atoms with Crippen LogP contribution in [0.2, 0.25) is 0 Å². The third kappa shape index (κ3) is 2.82. The molecule has 5 nitrogen and oxygen atoms in total. The number of ether oxygens (including phenoxy) is 1. The number of aryl methyl sites for hydroxylation is 1. The Kier molecular flexibility index (Phi) is 3.36. The first-order chi connectivity index (χ1) is 8.29. The van der Waals surface area contributed by atoms with Gasteiger partial charge in [-0.2, -0.15) is 0 Å². The van der Waals surface area contributed by atoms with E-state index >= 15 is 0 Å². The van der Waals surface area contributed by atoms with Gasteiger partial charge in [0.15, 0.2) is 5.82 Å². The van der Waals surface area contributed by atoms with Crippen molar-refractivity contribution in [3.8, 4) is 18.1 Å². The van der Waals surface area contributed by atoms with Crippen molar-refractivity contribution in [2.24, 2.45) is 0 Å². The molecular weight excluding hydrogens is 216 g/mol. The number of nitrogens with zero attached hydrogens (tertiary/aromatic N) is 4. The molecule has 1 heterocycles. The lowest BCUT2D eigenvalue weighted by molar-refractivity contribution is 0.288. The summed E-state index contributed by atoms with van der Waals surface area (Å²) in [5.41, 5.74) is 1.19. The fraction of sp³-hybridized carbons (Fsp3) is 0.250. The van der Waals surface area contributed by atoms with E-state index in [-0.39, 0.29) is 0 Å². The van der Waals surface area contributed by atoms with Crippen LogP contribution < -0.4 is 4.74 Å². The van der Waals surface area contributed by atoms with Crippen molar-refractivity contribution < 1.29 is 4.74 Å². The minimum Gasteiger partial charge on any atom is -0.486 e. The summed E-state index contributed by atoms with van der Waals surface area (Å²) in [7, 11) is 0. The van der Waals surface area contributed by atoms with Gasteiger partial charge in [0.2, 0.25) is 0 Å². The summed E-state index contributed by atoms with van der Waals surface area (Å²) in [6.07, 6.45) is 5.21. The molecule has 0 saturated heterocycles. The minimum absolute atomic E-state index is 0.303. The van der Waals surface area contributed by atoms with Crippen LogP contribution in [0.1, 0.15) is 11.4 Å². The molecule has 0 N–H and O–H groups in total. The first-order valence-electron chi connectivity index (χ1n) is 5.17. The second-order valence-corrected chi connectivity index (χ2v) is 3.56.